The fourth-order valence-electron chi connectivity index (χ4n) is 3.39. The minimum atomic E-state index is 0. The molecule has 2 aliphatic heterocycles. The van der Waals surface area contributed by atoms with E-state index >= 15 is 0 Å². The number of nitrogens with zero attached hydrogens (tertiary/aromatic N) is 6. The molecule has 0 aromatic carbocycles. The van der Waals surface area contributed by atoms with Crippen molar-refractivity contribution in [3.63, 3.8) is 0 Å². The number of piperidine rings is 1. The van der Waals surface area contributed by atoms with Crippen molar-refractivity contribution >= 4 is 35.0 Å². The van der Waals surface area contributed by atoms with Gasteiger partial charge in [0.1, 0.15) is 11.5 Å². The monoisotopic (exact) mass is 397 g/mol. The van der Waals surface area contributed by atoms with Gasteiger partial charge in [-0.3, -0.25) is 9.48 Å². The third-order valence-corrected chi connectivity index (χ3v) is 5.69. The highest BCUT2D eigenvalue weighted by atomic mass is 35.5. The summed E-state index contributed by atoms with van der Waals surface area (Å²) in [6.07, 6.45) is 4.20. The fourth-order valence-corrected chi connectivity index (χ4v) is 4.12. The second-order valence-corrected chi connectivity index (χ2v) is 7.31. The van der Waals surface area contributed by atoms with Crippen LogP contribution in [0.3, 0.4) is 0 Å². The third-order valence-electron chi connectivity index (χ3n) is 4.83. The van der Waals surface area contributed by atoms with Crippen LogP contribution in [-0.4, -0.2) is 69.2 Å². The van der Waals surface area contributed by atoms with Gasteiger partial charge in [0.25, 0.3) is 5.91 Å². The fraction of sp³-hybridized carbons (Fsp3) is 0.625. The average molecular weight is 398 g/mol. The standard InChI is InChI=1S/C16H23N7OS.ClH/c1-12-18-16(25-20-12)22-9-7-21(8-10-22)15(24)14-4-6-23(19-14)13-3-2-5-17-11-13;/h4,6,13,17H,2-3,5,7-11H2,1H3;1H. The highest BCUT2D eigenvalue weighted by Crippen LogP contribution is 2.20. The Kier molecular flexibility index (Phi) is 6.10. The van der Waals surface area contributed by atoms with Crippen molar-refractivity contribution in [1.82, 2.24) is 29.4 Å². The first-order chi connectivity index (χ1) is 12.2. The quantitative estimate of drug-likeness (QED) is 0.842. The molecule has 142 valence electrons. The summed E-state index contributed by atoms with van der Waals surface area (Å²) < 4.78 is 6.18. The lowest BCUT2D eigenvalue weighted by atomic mass is 10.1. The lowest BCUT2D eigenvalue weighted by Crippen LogP contribution is -2.49. The van der Waals surface area contributed by atoms with E-state index in [0.717, 1.165) is 50.0 Å². The molecule has 0 bridgehead atoms. The van der Waals surface area contributed by atoms with Crippen molar-refractivity contribution in [3.8, 4) is 0 Å². The third kappa shape index (κ3) is 3.99. The first-order valence-electron chi connectivity index (χ1n) is 8.81. The molecule has 0 aliphatic carbocycles. The number of hydrogen-bond acceptors (Lipinski definition) is 7. The molecule has 4 rings (SSSR count). The van der Waals surface area contributed by atoms with E-state index in [1.807, 2.05) is 28.8 Å². The summed E-state index contributed by atoms with van der Waals surface area (Å²) in [4.78, 5) is 21.2. The first kappa shape index (κ1) is 19.1. The number of carbonyl (C=O) groups excluding carboxylic acids is 1. The van der Waals surface area contributed by atoms with Crippen LogP contribution in [0.5, 0.6) is 0 Å². The van der Waals surface area contributed by atoms with E-state index in [2.05, 4.69) is 24.7 Å². The highest BCUT2D eigenvalue weighted by molar-refractivity contribution is 7.09. The van der Waals surface area contributed by atoms with Crippen LogP contribution in [0.2, 0.25) is 0 Å². The summed E-state index contributed by atoms with van der Waals surface area (Å²) in [5.74, 6) is 0.830. The van der Waals surface area contributed by atoms with Gasteiger partial charge in [-0.25, -0.2) is 4.98 Å². The van der Waals surface area contributed by atoms with E-state index in [1.54, 1.807) is 0 Å². The zero-order chi connectivity index (χ0) is 17.2. The zero-order valence-electron chi connectivity index (χ0n) is 14.8. The summed E-state index contributed by atoms with van der Waals surface area (Å²) in [7, 11) is 0. The molecular weight excluding hydrogens is 374 g/mol. The van der Waals surface area contributed by atoms with Crippen LogP contribution in [0.25, 0.3) is 0 Å². The number of rotatable bonds is 3. The van der Waals surface area contributed by atoms with Gasteiger partial charge >= 0.3 is 0 Å². The number of amides is 1. The van der Waals surface area contributed by atoms with Crippen molar-refractivity contribution in [2.75, 3.05) is 44.2 Å². The van der Waals surface area contributed by atoms with Crippen LogP contribution in [0.15, 0.2) is 12.3 Å². The van der Waals surface area contributed by atoms with Crippen LogP contribution < -0.4 is 10.2 Å². The molecule has 1 N–H and O–H groups in total. The van der Waals surface area contributed by atoms with E-state index in [4.69, 9.17) is 0 Å². The van der Waals surface area contributed by atoms with E-state index < -0.39 is 0 Å². The zero-order valence-corrected chi connectivity index (χ0v) is 16.4. The van der Waals surface area contributed by atoms with Crippen molar-refractivity contribution in [2.24, 2.45) is 0 Å². The maximum atomic E-state index is 12.7. The van der Waals surface area contributed by atoms with Gasteiger partial charge in [-0.15, -0.1) is 12.4 Å². The largest absolute Gasteiger partial charge is 0.343 e. The van der Waals surface area contributed by atoms with Crippen LogP contribution in [0, 0.1) is 6.92 Å². The number of hydrogen-bond donors (Lipinski definition) is 1. The van der Waals surface area contributed by atoms with E-state index in [1.165, 1.54) is 11.5 Å². The molecule has 0 radical (unpaired) electrons. The van der Waals surface area contributed by atoms with Crippen molar-refractivity contribution in [1.29, 1.82) is 0 Å². The van der Waals surface area contributed by atoms with Crippen LogP contribution >= 0.6 is 23.9 Å². The first-order valence-corrected chi connectivity index (χ1v) is 9.58. The molecule has 4 heterocycles. The van der Waals surface area contributed by atoms with Gasteiger partial charge in [-0.1, -0.05) is 0 Å². The van der Waals surface area contributed by atoms with Gasteiger partial charge < -0.3 is 15.1 Å². The van der Waals surface area contributed by atoms with Gasteiger partial charge in [-0.2, -0.15) is 9.47 Å². The minimum Gasteiger partial charge on any atom is -0.343 e. The number of piperazine rings is 1. The topological polar surface area (TPSA) is 79.2 Å². The Bertz CT molecular complexity index is 735. The summed E-state index contributed by atoms with van der Waals surface area (Å²) in [5, 5.41) is 8.87. The molecule has 8 nitrogen and oxygen atoms in total. The predicted molar refractivity (Wildman–Crippen MR) is 103 cm³/mol. The summed E-state index contributed by atoms with van der Waals surface area (Å²) in [6.45, 7) is 6.85. The van der Waals surface area contributed by atoms with Crippen LogP contribution in [0.4, 0.5) is 5.13 Å². The molecule has 2 aromatic rings. The molecule has 2 fully saturated rings. The summed E-state index contributed by atoms with van der Waals surface area (Å²) in [6, 6.07) is 2.20. The Balaban J connectivity index is 0.00000196. The maximum Gasteiger partial charge on any atom is 0.274 e. The number of carbonyl (C=O) groups is 1. The smallest absolute Gasteiger partial charge is 0.274 e. The second-order valence-electron chi connectivity index (χ2n) is 6.58. The lowest BCUT2D eigenvalue weighted by molar-refractivity contribution is 0.0739. The second kappa shape index (κ2) is 8.32. The van der Waals surface area contributed by atoms with Gasteiger partial charge in [0.15, 0.2) is 0 Å². The number of anilines is 1. The summed E-state index contributed by atoms with van der Waals surface area (Å²) >= 11 is 1.42. The predicted octanol–water partition coefficient (Wildman–Crippen LogP) is 1.35. The van der Waals surface area contributed by atoms with Gasteiger partial charge in [0, 0.05) is 50.5 Å². The molecule has 1 unspecified atom stereocenters. The Morgan fingerprint density at radius 1 is 1.31 bits per heavy atom. The molecule has 26 heavy (non-hydrogen) atoms. The lowest BCUT2D eigenvalue weighted by Gasteiger charge is -2.34. The molecule has 2 aliphatic rings. The minimum absolute atomic E-state index is 0. The van der Waals surface area contributed by atoms with Crippen molar-refractivity contribution in [3.05, 3.63) is 23.8 Å². The van der Waals surface area contributed by atoms with E-state index in [9.17, 15) is 4.79 Å². The van der Waals surface area contributed by atoms with Crippen LogP contribution in [-0.2, 0) is 0 Å². The Morgan fingerprint density at radius 2 is 2.12 bits per heavy atom. The number of aryl methyl sites for hydroxylation is 1. The van der Waals surface area contributed by atoms with Gasteiger partial charge in [-0.05, 0) is 32.4 Å². The summed E-state index contributed by atoms with van der Waals surface area (Å²) in [5.41, 5.74) is 0.547. The normalized spacial score (nSPS) is 20.7. The maximum absolute atomic E-state index is 12.7. The number of aromatic nitrogens is 4. The van der Waals surface area contributed by atoms with Gasteiger partial charge in [0.05, 0.1) is 6.04 Å². The van der Waals surface area contributed by atoms with Crippen molar-refractivity contribution < 1.29 is 4.79 Å². The average Bonchev–Trinajstić information content (AvgIpc) is 3.31. The van der Waals surface area contributed by atoms with Crippen LogP contribution in [0.1, 0.15) is 35.2 Å². The molecule has 1 atom stereocenters. The van der Waals surface area contributed by atoms with Gasteiger partial charge in [0.2, 0.25) is 5.13 Å². The Hall–Kier alpha value is -1.71. The molecular formula is C16H24ClN7OS. The van der Waals surface area contributed by atoms with Crippen molar-refractivity contribution in [2.45, 2.75) is 25.8 Å². The molecule has 1 amide bonds. The molecule has 10 heteroatoms. The Morgan fingerprint density at radius 3 is 2.77 bits per heavy atom. The highest BCUT2D eigenvalue weighted by Gasteiger charge is 2.26. The Labute approximate surface area is 163 Å². The van der Waals surface area contributed by atoms with E-state index in [0.29, 0.717) is 24.8 Å². The molecule has 0 spiro atoms. The SMILES string of the molecule is Cc1nsc(N2CCN(C(=O)c3ccn(C4CCCNC4)n3)CC2)n1.Cl. The number of nitrogens with one attached hydrogen (secondary N) is 1. The molecule has 2 saturated heterocycles. The number of halogens is 1. The molecule has 2 aromatic heterocycles. The molecule has 0 saturated carbocycles. The van der Waals surface area contributed by atoms with E-state index in [-0.39, 0.29) is 18.3 Å².